The summed E-state index contributed by atoms with van der Waals surface area (Å²) in [6.45, 7) is 99.7. The number of hydrogen-bond donors (Lipinski definition) is 0. The summed E-state index contributed by atoms with van der Waals surface area (Å²) >= 11 is 0. The van der Waals surface area contributed by atoms with Crippen LogP contribution >= 0.6 is 21.6 Å². The van der Waals surface area contributed by atoms with Gasteiger partial charge in [0.1, 0.15) is 68.7 Å². The Hall–Kier alpha value is -5.00. The second-order valence-corrected chi connectivity index (χ2v) is 46.6. The first kappa shape index (κ1) is 162. The fourth-order valence-corrected chi connectivity index (χ4v) is 10.8. The summed E-state index contributed by atoms with van der Waals surface area (Å²) in [6, 6.07) is 0. The van der Waals surface area contributed by atoms with E-state index in [1.165, 1.54) is 19.3 Å². The number of carbonyl (C=O) groups excluding carboxylic acids is 14. The Balaban J connectivity index is -0.000000130. The van der Waals surface area contributed by atoms with E-state index in [0.29, 0.717) is 99.1 Å². The fraction of sp³-hybridized carbons (Fsp3) is 0.878. The minimum Gasteiger partial charge on any atom is -0.465 e. The maximum absolute atomic E-state index is 11.2. The van der Waals surface area contributed by atoms with E-state index in [0.717, 1.165) is 81.0 Å². The van der Waals surface area contributed by atoms with E-state index in [9.17, 15) is 67.1 Å². The SMILES string of the molecule is CC(C)CC(=O)OCC(=O)C(C)C.CC(C)CCCC(=O)C(C)C.CC(C)CCCC(=O)C(C)C.CC(C)CCCOCC(=O)C(C)C.CC(C)CCOC(=O)C(C)C.CC(C)CCOCC(=O)C(C)C.CC(C)COC(=O)CCC(=O)C(C)C.CC(C)COCC(=O)C(C)C.CC(C)CSSCC(=O)C(C)C.CC(C)OCCC(=O)C(C)C.CC(C)OCOC(=O)C(C)C.CC(C)OCOCC(=O)C(C)C. The first-order chi connectivity index (χ1) is 65.2. The normalized spacial score (nSPS) is 11.0. The molecular formula is C115H226O25S2. The lowest BCUT2D eigenvalue weighted by molar-refractivity contribution is -0.163. The van der Waals surface area contributed by atoms with Crippen LogP contribution in [0.5, 0.6) is 0 Å². The van der Waals surface area contributed by atoms with E-state index in [1.807, 2.05) is 208 Å². The molecule has 0 rings (SSSR count). The number of carbonyl (C=O) groups is 14. The van der Waals surface area contributed by atoms with E-state index in [4.69, 9.17) is 52.1 Å². The monoisotopic (exact) mass is 2070 g/mol. The van der Waals surface area contributed by atoms with Gasteiger partial charge in [0.25, 0.3) is 0 Å². The molecule has 0 saturated carbocycles. The van der Waals surface area contributed by atoms with Crippen molar-refractivity contribution in [2.24, 2.45) is 124 Å². The van der Waals surface area contributed by atoms with Crippen molar-refractivity contribution in [2.75, 3.05) is 97.8 Å². The summed E-state index contributed by atoms with van der Waals surface area (Å²) in [6.07, 6.45) is 12.2. The van der Waals surface area contributed by atoms with Crippen LogP contribution < -0.4 is 0 Å². The maximum Gasteiger partial charge on any atom is 0.310 e. The third kappa shape index (κ3) is 150. The van der Waals surface area contributed by atoms with Gasteiger partial charge in [0.15, 0.2) is 35.7 Å². The Labute approximate surface area is 880 Å². The van der Waals surface area contributed by atoms with E-state index >= 15 is 0 Å². The zero-order chi connectivity index (χ0) is 114. The molecule has 0 radical (unpaired) electrons. The van der Waals surface area contributed by atoms with Crippen LogP contribution in [0.4, 0.5) is 0 Å². The molecule has 0 bridgehead atoms. The molecule has 0 N–H and O–H groups in total. The average molecular weight is 2070 g/mol. The number of rotatable bonds is 64. The summed E-state index contributed by atoms with van der Waals surface area (Å²) in [5.41, 5.74) is 0. The minimum atomic E-state index is -0.288. The van der Waals surface area contributed by atoms with E-state index in [1.54, 1.807) is 49.3 Å². The van der Waals surface area contributed by atoms with Crippen LogP contribution in [0, 0.1) is 124 Å². The Morgan fingerprint density at radius 1 is 0.204 bits per heavy atom. The second-order valence-electron chi connectivity index (χ2n) is 44.1. The van der Waals surface area contributed by atoms with E-state index < -0.39 is 0 Å². The quantitative estimate of drug-likeness (QED) is 0.0179. The molecule has 25 nitrogen and oxygen atoms in total. The van der Waals surface area contributed by atoms with Crippen molar-refractivity contribution in [3.63, 3.8) is 0 Å². The van der Waals surface area contributed by atoms with Crippen LogP contribution in [-0.4, -0.2) is 198 Å². The first-order valence-electron chi connectivity index (χ1n) is 53.5. The van der Waals surface area contributed by atoms with Crippen molar-refractivity contribution >= 4 is 103 Å². The van der Waals surface area contributed by atoms with Gasteiger partial charge >= 0.3 is 23.9 Å². The Bertz CT molecular complexity index is 2720. The molecule has 0 aromatic heterocycles. The summed E-state index contributed by atoms with van der Waals surface area (Å²) in [5, 5.41) is 0. The molecule has 0 amide bonds. The molecule has 848 valence electrons. The molecule has 0 heterocycles. The summed E-state index contributed by atoms with van der Waals surface area (Å²) < 4.78 is 55.5. The zero-order valence-electron chi connectivity index (χ0n) is 100. The minimum absolute atomic E-state index is 0.00200. The number of Topliss-reactive ketones (excluding diaryl/α,β-unsaturated/α-hetero) is 10. The van der Waals surface area contributed by atoms with Crippen LogP contribution in [0.25, 0.3) is 0 Å². The van der Waals surface area contributed by atoms with Gasteiger partial charge in [0.05, 0.1) is 62.1 Å². The van der Waals surface area contributed by atoms with Crippen LogP contribution in [0.1, 0.15) is 422 Å². The van der Waals surface area contributed by atoms with Gasteiger partial charge in [-0.2, -0.15) is 0 Å². The van der Waals surface area contributed by atoms with Crippen molar-refractivity contribution in [1.82, 2.24) is 0 Å². The molecule has 0 fully saturated rings. The van der Waals surface area contributed by atoms with Gasteiger partial charge < -0.3 is 52.1 Å². The van der Waals surface area contributed by atoms with Crippen molar-refractivity contribution in [2.45, 2.75) is 441 Å². The molecule has 0 aromatic carbocycles. The lowest BCUT2D eigenvalue weighted by Gasteiger charge is -2.09. The molecule has 0 spiro atoms. The third-order valence-corrected chi connectivity index (χ3v) is 21.4. The first-order valence-corrected chi connectivity index (χ1v) is 56.0. The van der Waals surface area contributed by atoms with Crippen molar-refractivity contribution in [1.29, 1.82) is 0 Å². The Morgan fingerprint density at radius 3 is 0.859 bits per heavy atom. The lowest BCUT2D eigenvalue weighted by Crippen LogP contribution is -2.18. The molecule has 27 heteroatoms. The maximum atomic E-state index is 11.2. The standard InChI is InChI=1S/C11H20O3.C11H22O2.C10H18O3.C10H20O2.2C10H20O.C9H18O3.3C9H18O2.C9H18OS2.C8H16O3/c1-8(2)7-14-11(13)6-5-10(12)9(3)4;1-9(2)6-5-7-13-8-11(12)10(3)4;1-7(2)5-10(12)13-6-9(11)8(3)4;1-8(2)5-6-12-7-10(11)9(3)4;2*1-8(2)6-5-7-10(11)9(3)4;1-7(2)9(10)5-11-6-12-8(3)4;1-7(2)5-11-6-9(10)8(3)4;1-7(2)9(10)5-6-11-8(3)4;1-7(2)5-6-11-9(10)8(3)4;1-7(2)5-11-12-6-9(10)8(3)4;1-6(2)8(9)11-5-10-7(3)4/h8-9H,5-7H2,1-4H3;9-10H,5-8H2,1-4H3;7-8H,5-6H2,1-4H3;8-9H,5-7H2,1-4H3;2*8-9H,5-7H2,1-4H3;7-8H,5-6H2,1-4H3;3*7-8H,5-6H2,1-4H3;7-8H,5-6H2,1-4H3;6-7H,5H2,1-4H3. The molecule has 0 atom stereocenters. The highest BCUT2D eigenvalue weighted by atomic mass is 33.1. The molecule has 0 saturated heterocycles. The van der Waals surface area contributed by atoms with Crippen molar-refractivity contribution < 1.29 is 119 Å². The Kier molecular flexibility index (Phi) is 124. The molecule has 0 aliphatic heterocycles. The molecule has 0 aromatic rings. The molecular weight excluding hydrogens is 1850 g/mol. The predicted molar refractivity (Wildman–Crippen MR) is 592 cm³/mol. The van der Waals surface area contributed by atoms with E-state index in [2.05, 4.69) is 96.9 Å². The van der Waals surface area contributed by atoms with Crippen LogP contribution in [-0.2, 0) is 119 Å². The number of esters is 4. The van der Waals surface area contributed by atoms with Gasteiger partial charge in [-0.15, -0.1) is 0 Å². The highest BCUT2D eigenvalue weighted by Gasteiger charge is 2.18. The van der Waals surface area contributed by atoms with Crippen molar-refractivity contribution in [3.05, 3.63) is 0 Å². The average Bonchev–Trinajstić information content (AvgIpc) is 0.971. The molecule has 0 unspecified atom stereocenters. The summed E-state index contributed by atoms with van der Waals surface area (Å²) in [4.78, 5) is 155. The van der Waals surface area contributed by atoms with Gasteiger partial charge in [-0.3, -0.25) is 67.1 Å². The predicted octanol–water partition coefficient (Wildman–Crippen LogP) is 27.6. The van der Waals surface area contributed by atoms with Crippen LogP contribution in [0.15, 0.2) is 0 Å². The number of ether oxygens (including phenoxy) is 11. The van der Waals surface area contributed by atoms with Crippen molar-refractivity contribution in [3.8, 4) is 0 Å². The lowest BCUT2D eigenvalue weighted by atomic mass is 10.00. The highest BCUT2D eigenvalue weighted by Crippen LogP contribution is 2.25. The van der Waals surface area contributed by atoms with Gasteiger partial charge in [-0.25, -0.2) is 0 Å². The Morgan fingerprint density at radius 2 is 0.521 bits per heavy atom. The van der Waals surface area contributed by atoms with Gasteiger partial charge in [0, 0.05) is 117 Å². The number of hydrogen-bond acceptors (Lipinski definition) is 27. The summed E-state index contributed by atoms with van der Waals surface area (Å²) in [7, 11) is 3.49. The van der Waals surface area contributed by atoms with Gasteiger partial charge in [0.2, 0.25) is 0 Å². The topological polar surface area (TPSA) is 341 Å². The summed E-state index contributed by atoms with van der Waals surface area (Å²) in [5.74, 6) is 9.47. The van der Waals surface area contributed by atoms with Crippen LogP contribution in [0.3, 0.4) is 0 Å². The highest BCUT2D eigenvalue weighted by molar-refractivity contribution is 8.76. The third-order valence-electron chi connectivity index (χ3n) is 18.7. The fourth-order valence-electron chi connectivity index (χ4n) is 8.24. The number of ketones is 10. The van der Waals surface area contributed by atoms with Gasteiger partial charge in [-0.1, -0.05) is 325 Å². The van der Waals surface area contributed by atoms with Crippen LogP contribution in [0.2, 0.25) is 0 Å². The smallest absolute Gasteiger partial charge is 0.310 e. The molecule has 0 aliphatic carbocycles. The largest absolute Gasteiger partial charge is 0.465 e. The molecule has 142 heavy (non-hydrogen) atoms. The van der Waals surface area contributed by atoms with E-state index in [-0.39, 0.29) is 213 Å². The zero-order valence-corrected chi connectivity index (χ0v) is 102. The van der Waals surface area contributed by atoms with Gasteiger partial charge in [-0.05, 0) is 133 Å². The molecule has 0 aliphatic rings. The second kappa shape index (κ2) is 109.